The predicted octanol–water partition coefficient (Wildman–Crippen LogP) is 2.17. The van der Waals surface area contributed by atoms with Crippen molar-refractivity contribution in [1.82, 2.24) is 4.98 Å². The van der Waals surface area contributed by atoms with Crippen LogP contribution in [0.1, 0.15) is 16.1 Å². The Morgan fingerprint density at radius 1 is 1.56 bits per heavy atom. The minimum absolute atomic E-state index is 0.149. The first-order valence-corrected chi connectivity index (χ1v) is 5.32. The van der Waals surface area contributed by atoms with Gasteiger partial charge in [0, 0.05) is 13.0 Å². The Morgan fingerprint density at radius 3 is 3.06 bits per heavy atom. The SMILES string of the molecule is O=C(O)c1cc(F)cnc1NCCc1ccco1. The number of aromatic nitrogens is 1. The summed E-state index contributed by atoms with van der Waals surface area (Å²) in [6.07, 6.45) is 3.13. The molecule has 0 radical (unpaired) electrons. The van der Waals surface area contributed by atoms with Crippen molar-refractivity contribution < 1.29 is 18.7 Å². The van der Waals surface area contributed by atoms with Gasteiger partial charge in [0.25, 0.3) is 0 Å². The molecule has 0 aliphatic rings. The number of hydrogen-bond acceptors (Lipinski definition) is 4. The Kier molecular flexibility index (Phi) is 3.57. The first-order chi connectivity index (χ1) is 8.66. The highest BCUT2D eigenvalue weighted by Gasteiger charge is 2.12. The lowest BCUT2D eigenvalue weighted by atomic mass is 10.2. The first-order valence-electron chi connectivity index (χ1n) is 5.32. The summed E-state index contributed by atoms with van der Waals surface area (Å²) in [4.78, 5) is 14.6. The lowest BCUT2D eigenvalue weighted by molar-refractivity contribution is 0.0697. The number of hydrogen-bond donors (Lipinski definition) is 2. The third-order valence-electron chi connectivity index (χ3n) is 2.33. The molecule has 0 saturated carbocycles. The fourth-order valence-electron chi connectivity index (χ4n) is 1.50. The number of rotatable bonds is 5. The number of carboxylic acids is 1. The number of anilines is 1. The zero-order chi connectivity index (χ0) is 13.0. The summed E-state index contributed by atoms with van der Waals surface area (Å²) in [5.74, 6) is -0.969. The summed E-state index contributed by atoms with van der Waals surface area (Å²) in [5.41, 5.74) is -0.186. The lowest BCUT2D eigenvalue weighted by Gasteiger charge is -2.07. The minimum Gasteiger partial charge on any atom is -0.478 e. The molecule has 2 aromatic heterocycles. The first kappa shape index (κ1) is 12.1. The van der Waals surface area contributed by atoms with E-state index < -0.39 is 11.8 Å². The van der Waals surface area contributed by atoms with Gasteiger partial charge in [-0.3, -0.25) is 0 Å². The maximum Gasteiger partial charge on any atom is 0.339 e. The molecule has 2 rings (SSSR count). The van der Waals surface area contributed by atoms with Crippen LogP contribution >= 0.6 is 0 Å². The lowest BCUT2D eigenvalue weighted by Crippen LogP contribution is -2.11. The van der Waals surface area contributed by atoms with Crippen LogP contribution in [-0.2, 0) is 6.42 Å². The third-order valence-corrected chi connectivity index (χ3v) is 2.33. The van der Waals surface area contributed by atoms with Crippen LogP contribution in [0.2, 0.25) is 0 Å². The molecule has 2 heterocycles. The smallest absolute Gasteiger partial charge is 0.339 e. The summed E-state index contributed by atoms with van der Waals surface area (Å²) >= 11 is 0. The monoisotopic (exact) mass is 250 g/mol. The molecule has 0 saturated heterocycles. The Bertz CT molecular complexity index is 540. The molecule has 0 aromatic carbocycles. The fourth-order valence-corrected chi connectivity index (χ4v) is 1.50. The minimum atomic E-state index is -1.22. The van der Waals surface area contributed by atoms with E-state index in [1.165, 1.54) is 0 Å². The zero-order valence-electron chi connectivity index (χ0n) is 9.39. The van der Waals surface area contributed by atoms with E-state index in [1.54, 1.807) is 12.3 Å². The largest absolute Gasteiger partial charge is 0.478 e. The molecule has 5 nitrogen and oxygen atoms in total. The molecule has 6 heteroatoms. The van der Waals surface area contributed by atoms with Crippen LogP contribution in [0, 0.1) is 5.82 Å². The Morgan fingerprint density at radius 2 is 2.39 bits per heavy atom. The topological polar surface area (TPSA) is 75.4 Å². The van der Waals surface area contributed by atoms with Gasteiger partial charge >= 0.3 is 5.97 Å². The second-order valence-corrected chi connectivity index (χ2v) is 3.61. The van der Waals surface area contributed by atoms with Crippen LogP contribution < -0.4 is 5.32 Å². The molecule has 0 amide bonds. The van der Waals surface area contributed by atoms with Crippen molar-refractivity contribution in [1.29, 1.82) is 0 Å². The molecule has 0 aliphatic carbocycles. The van der Waals surface area contributed by atoms with Crippen LogP contribution in [0.3, 0.4) is 0 Å². The van der Waals surface area contributed by atoms with Crippen molar-refractivity contribution in [2.45, 2.75) is 6.42 Å². The number of furan rings is 1. The quantitative estimate of drug-likeness (QED) is 0.850. The van der Waals surface area contributed by atoms with Crippen molar-refractivity contribution in [3.05, 3.63) is 47.8 Å². The average Bonchev–Trinajstić information content (AvgIpc) is 2.84. The second-order valence-electron chi connectivity index (χ2n) is 3.61. The summed E-state index contributed by atoms with van der Waals surface area (Å²) in [6, 6.07) is 4.52. The van der Waals surface area contributed by atoms with Gasteiger partial charge in [-0.25, -0.2) is 14.2 Å². The molecule has 18 heavy (non-hydrogen) atoms. The Labute approximate surface area is 102 Å². The highest BCUT2D eigenvalue weighted by atomic mass is 19.1. The van der Waals surface area contributed by atoms with Crippen LogP contribution in [0.25, 0.3) is 0 Å². The number of aromatic carboxylic acids is 1. The zero-order valence-corrected chi connectivity index (χ0v) is 9.39. The summed E-state index contributed by atoms with van der Waals surface area (Å²) < 4.78 is 18.0. The van der Waals surface area contributed by atoms with Gasteiger partial charge in [-0.05, 0) is 18.2 Å². The van der Waals surface area contributed by atoms with Gasteiger partial charge in [0.1, 0.15) is 23.0 Å². The number of nitrogens with one attached hydrogen (secondary N) is 1. The van der Waals surface area contributed by atoms with Gasteiger partial charge in [-0.1, -0.05) is 0 Å². The van der Waals surface area contributed by atoms with Crippen LogP contribution in [0.5, 0.6) is 0 Å². The maximum absolute atomic E-state index is 12.9. The molecule has 0 spiro atoms. The Hall–Kier alpha value is -2.37. The van der Waals surface area contributed by atoms with Crippen LogP contribution in [0.15, 0.2) is 35.1 Å². The summed E-state index contributed by atoms with van der Waals surface area (Å²) in [7, 11) is 0. The molecule has 0 unspecified atom stereocenters. The number of carbonyl (C=O) groups is 1. The van der Waals surface area contributed by atoms with Gasteiger partial charge in [0.2, 0.25) is 0 Å². The Balaban J connectivity index is 2.02. The van der Waals surface area contributed by atoms with E-state index in [2.05, 4.69) is 10.3 Å². The van der Waals surface area contributed by atoms with Gasteiger partial charge in [0.15, 0.2) is 0 Å². The molecular formula is C12H11FN2O3. The third kappa shape index (κ3) is 2.85. The van der Waals surface area contributed by atoms with Crippen molar-refractivity contribution >= 4 is 11.8 Å². The number of carboxylic acid groups (broad SMARTS) is 1. The summed E-state index contributed by atoms with van der Waals surface area (Å²) in [6.45, 7) is 0.451. The second kappa shape index (κ2) is 5.31. The van der Waals surface area contributed by atoms with Crippen molar-refractivity contribution in [3.8, 4) is 0 Å². The average molecular weight is 250 g/mol. The molecule has 0 bridgehead atoms. The van der Waals surface area contributed by atoms with Gasteiger partial charge < -0.3 is 14.8 Å². The molecule has 2 aromatic rings. The highest BCUT2D eigenvalue weighted by Crippen LogP contribution is 2.13. The van der Waals surface area contributed by atoms with E-state index in [0.717, 1.165) is 18.0 Å². The van der Waals surface area contributed by atoms with E-state index in [-0.39, 0.29) is 11.4 Å². The molecule has 0 aliphatic heterocycles. The van der Waals surface area contributed by atoms with Gasteiger partial charge in [-0.2, -0.15) is 0 Å². The summed E-state index contributed by atoms with van der Waals surface area (Å²) in [5, 5.41) is 11.7. The van der Waals surface area contributed by atoms with E-state index in [4.69, 9.17) is 9.52 Å². The maximum atomic E-state index is 12.9. The number of nitrogens with zero attached hydrogens (tertiary/aromatic N) is 1. The number of halogens is 1. The van der Waals surface area contributed by atoms with Crippen molar-refractivity contribution in [2.24, 2.45) is 0 Å². The van der Waals surface area contributed by atoms with Gasteiger partial charge in [0.05, 0.1) is 12.5 Å². The number of pyridine rings is 1. The molecule has 0 atom stereocenters. The van der Waals surface area contributed by atoms with Crippen LogP contribution in [0.4, 0.5) is 10.2 Å². The van der Waals surface area contributed by atoms with Crippen molar-refractivity contribution in [2.75, 3.05) is 11.9 Å². The normalized spacial score (nSPS) is 10.3. The van der Waals surface area contributed by atoms with E-state index in [0.29, 0.717) is 13.0 Å². The molecule has 2 N–H and O–H groups in total. The predicted molar refractivity (Wildman–Crippen MR) is 62.1 cm³/mol. The fraction of sp³-hybridized carbons (Fsp3) is 0.167. The van der Waals surface area contributed by atoms with Crippen molar-refractivity contribution in [3.63, 3.8) is 0 Å². The molecular weight excluding hydrogens is 239 g/mol. The molecule has 94 valence electrons. The standard InChI is InChI=1S/C12H11FN2O3/c13-8-6-10(12(16)17)11(15-7-8)14-4-3-9-2-1-5-18-9/h1-2,5-7H,3-4H2,(H,14,15)(H,16,17). The molecule has 0 fully saturated rings. The van der Waals surface area contributed by atoms with E-state index in [1.807, 2.05) is 6.07 Å². The van der Waals surface area contributed by atoms with E-state index >= 15 is 0 Å². The highest BCUT2D eigenvalue weighted by molar-refractivity contribution is 5.93. The van der Waals surface area contributed by atoms with Gasteiger partial charge in [-0.15, -0.1) is 0 Å². The van der Waals surface area contributed by atoms with Crippen LogP contribution in [-0.4, -0.2) is 22.6 Å². The van der Waals surface area contributed by atoms with E-state index in [9.17, 15) is 9.18 Å².